The van der Waals surface area contributed by atoms with Gasteiger partial charge in [0.25, 0.3) is 0 Å². The second-order valence-corrected chi connectivity index (χ2v) is 28.6. The molecule has 4 aliphatic rings. The van der Waals surface area contributed by atoms with Gasteiger partial charge in [-0.05, 0) is 137 Å². The van der Waals surface area contributed by atoms with E-state index in [0.29, 0.717) is 21.1 Å². The second kappa shape index (κ2) is 50.1. The van der Waals surface area contributed by atoms with E-state index in [2.05, 4.69) is 85.4 Å². The molecule has 650 valence electrons. The maximum atomic E-state index is 14.7. The minimum Gasteiger partial charge on any atom is -0.451 e. The van der Waals surface area contributed by atoms with E-state index in [1.54, 1.807) is 14.7 Å². The quantitative estimate of drug-likeness (QED) is 0.0122. The molecule has 0 saturated carbocycles. The van der Waals surface area contributed by atoms with Gasteiger partial charge in [-0.15, -0.1) is 0 Å². The predicted molar refractivity (Wildman–Crippen MR) is 436 cm³/mol. The molecule has 39 heteroatoms. The largest absolute Gasteiger partial charge is 2.00 e. The van der Waals surface area contributed by atoms with Gasteiger partial charge in [0, 0.05) is 121 Å². The first-order chi connectivity index (χ1) is 58.4. The molecule has 4 aliphatic heterocycles. The first-order valence-electron chi connectivity index (χ1n) is 37.9. The molecule has 7 N–H and O–H groups in total. The summed E-state index contributed by atoms with van der Waals surface area (Å²) in [7, 11) is 4.42. The smallest absolute Gasteiger partial charge is 0.451 e. The topological polar surface area (TPSA) is 326 Å². The van der Waals surface area contributed by atoms with E-state index >= 15 is 0 Å². The number of piperazine rings is 4. The van der Waals surface area contributed by atoms with Crippen LogP contribution in [0.4, 0.5) is 40.7 Å². The molecule has 0 unspecified atom stereocenters. The van der Waals surface area contributed by atoms with Crippen molar-refractivity contribution >= 4 is 94.0 Å². The molecule has 29 nitrogen and oxygen atoms in total. The summed E-state index contributed by atoms with van der Waals surface area (Å²) >= 11 is 17.4. The zero-order chi connectivity index (χ0) is 86.9. The number of carbonyl (C=O) groups excluding carboxylic acids is 6. The SMILES string of the molecule is COCCOC(=O)N1CCN(Cc2cc(F)c(Oc3ccc(Cl)cc3)c(F)c2)[C@@H](C(=O)ON)C1.COCCOC(=O)N1CCN(Cc2cc(F)c(Oc3ccc(Cl)cc3)c(F)c2)[C@@H](C(=O)ON)C1.COCCOC(=O)N1CCN(Cc2cc(F)c(Oc3ccc(Cl)cc3)c(F)c2)[C@@H](C(=O)ON)C1.[Mg+2].c1ccc(C(c2ccccc2)N2CCNCC2)cc1. The number of amides is 3. The Morgan fingerprint density at radius 1 is 0.385 bits per heavy atom. The Morgan fingerprint density at radius 2 is 0.648 bits per heavy atom. The molecule has 122 heavy (non-hydrogen) atoms. The Hall–Kier alpha value is -9.84. The van der Waals surface area contributed by atoms with E-state index < -0.39 is 106 Å². The van der Waals surface area contributed by atoms with Crippen LogP contribution < -0.4 is 37.2 Å². The number of nitrogens with zero attached hydrogens (tertiary/aromatic N) is 7. The molecule has 0 spiro atoms. The first-order valence-corrected chi connectivity index (χ1v) is 39.0. The van der Waals surface area contributed by atoms with Gasteiger partial charge < -0.3 is 77.2 Å². The average Bonchev–Trinajstić information content (AvgIpc) is 0.817. The third-order valence-corrected chi connectivity index (χ3v) is 19.9. The molecule has 3 amide bonds. The van der Waals surface area contributed by atoms with Crippen LogP contribution in [0.1, 0.15) is 33.9 Å². The number of halogens is 9. The Bertz CT molecular complexity index is 4190. The first kappa shape index (κ1) is 97.6. The fourth-order valence-corrected chi connectivity index (χ4v) is 13.5. The summed E-state index contributed by atoms with van der Waals surface area (Å²) in [5.74, 6) is 6.27. The zero-order valence-corrected chi connectivity index (χ0v) is 70.5. The molecule has 0 aromatic heterocycles. The fourth-order valence-electron chi connectivity index (χ4n) is 13.1. The third-order valence-electron chi connectivity index (χ3n) is 19.1. The molecule has 0 bridgehead atoms. The molecule has 0 radical (unpaired) electrons. The van der Waals surface area contributed by atoms with Crippen molar-refractivity contribution in [1.82, 2.24) is 39.6 Å². The summed E-state index contributed by atoms with van der Waals surface area (Å²) in [6.45, 7) is 6.37. The molecular formula is C83H92Cl3F6MgN11O18+2. The minimum atomic E-state index is -0.954. The molecule has 3 atom stereocenters. The van der Waals surface area contributed by atoms with Crippen molar-refractivity contribution < 1.29 is 112 Å². The van der Waals surface area contributed by atoms with Crippen molar-refractivity contribution in [3.05, 3.63) is 248 Å². The maximum Gasteiger partial charge on any atom is 2.00 e. The maximum absolute atomic E-state index is 14.7. The van der Waals surface area contributed by atoms with Crippen LogP contribution in [-0.2, 0) is 77.0 Å². The van der Waals surface area contributed by atoms with Gasteiger partial charge in [0.2, 0.25) is 0 Å². The number of rotatable bonds is 27. The van der Waals surface area contributed by atoms with Gasteiger partial charge >= 0.3 is 59.2 Å². The zero-order valence-electron chi connectivity index (χ0n) is 66.9. The van der Waals surface area contributed by atoms with E-state index in [-0.39, 0.29) is 175 Å². The van der Waals surface area contributed by atoms with E-state index in [0.717, 1.165) is 62.6 Å². The Kier molecular flexibility index (Phi) is 40.0. The Labute approximate surface area is 731 Å². The summed E-state index contributed by atoms with van der Waals surface area (Å²) in [4.78, 5) is 97.9. The predicted octanol–water partition coefficient (Wildman–Crippen LogP) is 11.6. The van der Waals surface area contributed by atoms with Gasteiger partial charge in [-0.2, -0.15) is 17.7 Å². The molecular weight excluding hydrogens is 1680 g/mol. The van der Waals surface area contributed by atoms with Crippen LogP contribution in [0.2, 0.25) is 15.1 Å². The van der Waals surface area contributed by atoms with Crippen molar-refractivity contribution in [3.63, 3.8) is 0 Å². The van der Waals surface area contributed by atoms with Crippen molar-refractivity contribution in [2.75, 3.05) is 146 Å². The molecule has 4 saturated heterocycles. The van der Waals surface area contributed by atoms with E-state index in [1.807, 2.05) is 0 Å². The van der Waals surface area contributed by atoms with Crippen LogP contribution in [0, 0.1) is 34.9 Å². The number of nitrogens with one attached hydrogen (secondary N) is 1. The summed E-state index contributed by atoms with van der Waals surface area (Å²) in [6.07, 6.45) is -1.85. The molecule has 4 fully saturated rings. The molecule has 8 aromatic carbocycles. The Balaban J connectivity index is 0.000000205. The minimum absolute atomic E-state index is 0. The van der Waals surface area contributed by atoms with Gasteiger partial charge in [0.1, 0.15) is 55.2 Å². The van der Waals surface area contributed by atoms with Crippen molar-refractivity contribution in [3.8, 4) is 34.5 Å². The number of carbonyl (C=O) groups is 6. The van der Waals surface area contributed by atoms with Crippen LogP contribution in [0.15, 0.2) is 170 Å². The third kappa shape index (κ3) is 29.2. The molecule has 0 aliphatic carbocycles. The summed E-state index contributed by atoms with van der Waals surface area (Å²) in [6, 6.07) is 44.0. The van der Waals surface area contributed by atoms with Gasteiger partial charge in [0.15, 0.2) is 52.2 Å². The van der Waals surface area contributed by atoms with Crippen LogP contribution >= 0.6 is 34.8 Å². The van der Waals surface area contributed by atoms with E-state index in [9.17, 15) is 55.1 Å². The van der Waals surface area contributed by atoms with Gasteiger partial charge in [-0.3, -0.25) is 19.6 Å². The number of hydrogen-bond donors (Lipinski definition) is 4. The van der Waals surface area contributed by atoms with Crippen molar-refractivity contribution in [2.24, 2.45) is 17.7 Å². The van der Waals surface area contributed by atoms with E-state index in [1.165, 1.54) is 120 Å². The van der Waals surface area contributed by atoms with Crippen LogP contribution in [-0.4, -0.2) is 258 Å². The van der Waals surface area contributed by atoms with Gasteiger partial charge in [-0.25, -0.2) is 55.1 Å². The fraction of sp³-hybridized carbons (Fsp3) is 0.349. The number of benzene rings is 8. The summed E-state index contributed by atoms with van der Waals surface area (Å²) < 4.78 is 134. The van der Waals surface area contributed by atoms with Crippen molar-refractivity contribution in [2.45, 2.75) is 43.8 Å². The Morgan fingerprint density at radius 3 is 0.893 bits per heavy atom. The van der Waals surface area contributed by atoms with Crippen LogP contribution in [0.5, 0.6) is 34.5 Å². The standard InChI is InChI=1S/3C22H24ClF2N3O6.C17H20N2.Mg/c3*1-31-8-9-32-22(30)28-7-6-27(19(13-28)21(29)34-26)12-14-10-17(24)20(18(25)11-14)33-16-4-2-15(23)3-5-16;1-3-7-15(8-4-1)17(16-9-5-2-6-10-16)19-13-11-18-12-14-19;/h3*2-5,10-11,19H,6-9,12-13,26H2,1H3;1-10,17-18H,11-14H2;/q;;;;+2/t3*19-;;/m111../s1. The monoisotopic (exact) mass is 1770 g/mol. The van der Waals surface area contributed by atoms with Crippen molar-refractivity contribution in [1.29, 1.82) is 0 Å². The van der Waals surface area contributed by atoms with Crippen LogP contribution in [0.3, 0.4) is 0 Å². The summed E-state index contributed by atoms with van der Waals surface area (Å²) in [5, 5.41) is 4.80. The average molecular weight is 1780 g/mol. The second-order valence-electron chi connectivity index (χ2n) is 27.3. The molecule has 12 rings (SSSR count). The number of methoxy groups -OCH3 is 3. The molecule has 4 heterocycles. The van der Waals surface area contributed by atoms with E-state index in [4.69, 9.17) is 95.1 Å². The van der Waals surface area contributed by atoms with Gasteiger partial charge in [0.05, 0.1) is 45.5 Å². The number of nitrogens with two attached hydrogens (primary N) is 3. The normalized spacial score (nSPS) is 16.2. The van der Waals surface area contributed by atoms with Crippen LogP contribution in [0.25, 0.3) is 0 Å². The summed E-state index contributed by atoms with van der Waals surface area (Å²) in [5.41, 5.74) is 3.53. The number of ether oxygens (including phenoxy) is 9. The molecule has 8 aromatic rings. The number of hydrogen-bond acceptors (Lipinski definition) is 26. The van der Waals surface area contributed by atoms with Gasteiger partial charge in [-0.1, -0.05) is 95.5 Å².